The van der Waals surface area contributed by atoms with E-state index in [0.717, 1.165) is 31.1 Å². The third-order valence-corrected chi connectivity index (χ3v) is 3.82. The first kappa shape index (κ1) is 14.0. The van der Waals surface area contributed by atoms with E-state index in [1.165, 1.54) is 11.1 Å². The van der Waals surface area contributed by atoms with Crippen LogP contribution >= 0.6 is 0 Å². The maximum Gasteiger partial charge on any atom is 0.266 e. The quantitative estimate of drug-likeness (QED) is 0.834. The lowest BCUT2D eigenvalue weighted by Gasteiger charge is -2.38. The molecule has 1 aliphatic heterocycles. The van der Waals surface area contributed by atoms with Gasteiger partial charge < -0.3 is 4.42 Å². The summed E-state index contributed by atoms with van der Waals surface area (Å²) in [6.07, 6.45) is 3.18. The normalized spacial score (nSPS) is 16.3. The number of oxazole rings is 1. The van der Waals surface area contributed by atoms with Crippen LogP contribution in [0.3, 0.4) is 0 Å². The molecule has 1 saturated heterocycles. The fraction of sp³-hybridized carbons (Fsp3) is 0.533. The van der Waals surface area contributed by atoms with Crippen LogP contribution in [-0.2, 0) is 13.1 Å². The molecule has 3 heterocycles. The van der Waals surface area contributed by atoms with E-state index in [9.17, 15) is 4.79 Å². The van der Waals surface area contributed by atoms with E-state index in [2.05, 4.69) is 28.8 Å². The number of likely N-dealkylation sites (tertiary alicyclic amines) is 1. The Morgan fingerprint density at radius 2 is 2.24 bits per heavy atom. The third-order valence-electron chi connectivity index (χ3n) is 3.82. The van der Waals surface area contributed by atoms with E-state index in [-0.39, 0.29) is 5.56 Å². The fourth-order valence-electron chi connectivity index (χ4n) is 2.77. The molecule has 6 heteroatoms. The molecule has 0 saturated carbocycles. The van der Waals surface area contributed by atoms with Gasteiger partial charge in [-0.15, -0.1) is 0 Å². The topological polar surface area (TPSA) is 64.2 Å². The summed E-state index contributed by atoms with van der Waals surface area (Å²) >= 11 is 0. The summed E-state index contributed by atoms with van der Waals surface area (Å²) in [6, 6.07) is 3.22. The lowest BCUT2D eigenvalue weighted by Crippen LogP contribution is -2.49. The summed E-state index contributed by atoms with van der Waals surface area (Å²) in [4.78, 5) is 18.2. The van der Waals surface area contributed by atoms with E-state index in [1.807, 2.05) is 0 Å². The molecule has 2 aromatic heterocycles. The van der Waals surface area contributed by atoms with Gasteiger partial charge in [-0.25, -0.2) is 9.67 Å². The maximum absolute atomic E-state index is 11.6. The standard InChI is InChI=1S/C15H20N4O2/c1-11(2)15-13(16-10-21-15)9-18-6-12(7-18)8-19-14(20)4-3-5-17-19/h3-5,10-12H,6-9H2,1-2H3. The molecule has 1 aliphatic rings. The highest BCUT2D eigenvalue weighted by molar-refractivity contribution is 5.11. The Bertz CT molecular complexity index is 655. The minimum atomic E-state index is -0.0328. The van der Waals surface area contributed by atoms with E-state index in [1.54, 1.807) is 18.3 Å². The molecule has 3 rings (SSSR count). The van der Waals surface area contributed by atoms with Gasteiger partial charge in [0.05, 0.1) is 12.2 Å². The molecule has 0 aliphatic carbocycles. The largest absolute Gasteiger partial charge is 0.448 e. The van der Waals surface area contributed by atoms with Gasteiger partial charge in [-0.3, -0.25) is 9.69 Å². The van der Waals surface area contributed by atoms with Crippen molar-refractivity contribution in [2.45, 2.75) is 32.9 Å². The number of hydrogen-bond acceptors (Lipinski definition) is 5. The van der Waals surface area contributed by atoms with Crippen LogP contribution in [0.15, 0.2) is 33.9 Å². The van der Waals surface area contributed by atoms with Crippen LogP contribution in [0.5, 0.6) is 0 Å². The highest BCUT2D eigenvalue weighted by Gasteiger charge is 2.29. The van der Waals surface area contributed by atoms with Crippen LogP contribution in [0.1, 0.15) is 31.2 Å². The smallest absolute Gasteiger partial charge is 0.266 e. The Morgan fingerprint density at radius 1 is 1.43 bits per heavy atom. The average molecular weight is 288 g/mol. The minimum absolute atomic E-state index is 0.0328. The Hall–Kier alpha value is -1.95. The fourth-order valence-corrected chi connectivity index (χ4v) is 2.77. The molecule has 112 valence electrons. The van der Waals surface area contributed by atoms with Crippen molar-refractivity contribution in [3.05, 3.63) is 46.5 Å². The number of hydrogen-bond donors (Lipinski definition) is 0. The van der Waals surface area contributed by atoms with Crippen molar-refractivity contribution in [1.82, 2.24) is 19.7 Å². The van der Waals surface area contributed by atoms with Crippen LogP contribution in [0.4, 0.5) is 0 Å². The second kappa shape index (κ2) is 5.81. The predicted molar refractivity (Wildman–Crippen MR) is 77.9 cm³/mol. The molecule has 0 N–H and O–H groups in total. The first-order valence-corrected chi connectivity index (χ1v) is 7.30. The summed E-state index contributed by atoms with van der Waals surface area (Å²) in [5.41, 5.74) is 0.994. The average Bonchev–Trinajstić information content (AvgIpc) is 2.87. The molecular weight excluding hydrogens is 268 g/mol. The van der Waals surface area contributed by atoms with Gasteiger partial charge in [0.1, 0.15) is 5.76 Å². The number of rotatable bonds is 5. The summed E-state index contributed by atoms with van der Waals surface area (Å²) < 4.78 is 6.98. The molecular formula is C15H20N4O2. The maximum atomic E-state index is 11.6. The molecule has 21 heavy (non-hydrogen) atoms. The van der Waals surface area contributed by atoms with Gasteiger partial charge in [0.15, 0.2) is 6.39 Å². The van der Waals surface area contributed by atoms with Gasteiger partial charge in [-0.1, -0.05) is 13.8 Å². The zero-order valence-electron chi connectivity index (χ0n) is 12.4. The van der Waals surface area contributed by atoms with E-state index in [0.29, 0.717) is 18.4 Å². The van der Waals surface area contributed by atoms with Crippen molar-refractivity contribution in [2.75, 3.05) is 13.1 Å². The van der Waals surface area contributed by atoms with Crippen LogP contribution in [-0.4, -0.2) is 32.8 Å². The van der Waals surface area contributed by atoms with Crippen LogP contribution in [0, 0.1) is 5.92 Å². The van der Waals surface area contributed by atoms with Crippen molar-refractivity contribution in [3.63, 3.8) is 0 Å². The monoisotopic (exact) mass is 288 g/mol. The molecule has 0 amide bonds. The lowest BCUT2D eigenvalue weighted by atomic mass is 9.99. The Balaban J connectivity index is 1.53. The second-order valence-corrected chi connectivity index (χ2v) is 5.92. The molecule has 0 spiro atoms. The molecule has 0 bridgehead atoms. The highest BCUT2D eigenvalue weighted by atomic mass is 16.3. The van der Waals surface area contributed by atoms with Crippen molar-refractivity contribution < 1.29 is 4.42 Å². The minimum Gasteiger partial charge on any atom is -0.448 e. The first-order chi connectivity index (χ1) is 10.1. The zero-order valence-corrected chi connectivity index (χ0v) is 12.4. The van der Waals surface area contributed by atoms with Gasteiger partial charge >= 0.3 is 0 Å². The van der Waals surface area contributed by atoms with Gasteiger partial charge in [-0.05, 0) is 6.07 Å². The van der Waals surface area contributed by atoms with E-state index >= 15 is 0 Å². The zero-order chi connectivity index (χ0) is 14.8. The number of nitrogens with zero attached hydrogens (tertiary/aromatic N) is 4. The van der Waals surface area contributed by atoms with Crippen LogP contribution in [0.25, 0.3) is 0 Å². The Labute approximate surface area is 123 Å². The van der Waals surface area contributed by atoms with Crippen molar-refractivity contribution in [1.29, 1.82) is 0 Å². The van der Waals surface area contributed by atoms with Crippen molar-refractivity contribution in [3.8, 4) is 0 Å². The second-order valence-electron chi connectivity index (χ2n) is 5.92. The lowest BCUT2D eigenvalue weighted by molar-refractivity contribution is 0.0749. The molecule has 1 fully saturated rings. The van der Waals surface area contributed by atoms with Crippen LogP contribution in [0.2, 0.25) is 0 Å². The molecule has 0 radical (unpaired) electrons. The van der Waals surface area contributed by atoms with Gasteiger partial charge in [0.2, 0.25) is 0 Å². The summed E-state index contributed by atoms with van der Waals surface area (Å²) in [5, 5.41) is 4.10. The predicted octanol–water partition coefficient (Wildman–Crippen LogP) is 1.49. The Morgan fingerprint density at radius 3 is 2.95 bits per heavy atom. The van der Waals surface area contributed by atoms with E-state index in [4.69, 9.17) is 4.42 Å². The highest BCUT2D eigenvalue weighted by Crippen LogP contribution is 2.24. The van der Waals surface area contributed by atoms with Gasteiger partial charge in [0, 0.05) is 43.7 Å². The first-order valence-electron chi connectivity index (χ1n) is 7.30. The summed E-state index contributed by atoms with van der Waals surface area (Å²) in [5.74, 6) is 1.80. The van der Waals surface area contributed by atoms with Crippen LogP contribution < -0.4 is 5.56 Å². The van der Waals surface area contributed by atoms with E-state index < -0.39 is 0 Å². The SMILES string of the molecule is CC(C)c1ocnc1CN1CC(Cn2ncccc2=O)C1. The summed E-state index contributed by atoms with van der Waals surface area (Å²) in [7, 11) is 0. The van der Waals surface area contributed by atoms with Gasteiger partial charge in [-0.2, -0.15) is 5.10 Å². The third kappa shape index (κ3) is 3.05. The van der Waals surface area contributed by atoms with Gasteiger partial charge in [0.25, 0.3) is 5.56 Å². The number of aromatic nitrogens is 3. The molecule has 6 nitrogen and oxygen atoms in total. The Kier molecular flexibility index (Phi) is 3.88. The molecule has 0 aromatic carbocycles. The summed E-state index contributed by atoms with van der Waals surface area (Å²) in [6.45, 7) is 7.65. The molecule has 0 unspecified atom stereocenters. The van der Waals surface area contributed by atoms with Crippen molar-refractivity contribution in [2.24, 2.45) is 5.92 Å². The van der Waals surface area contributed by atoms with Crippen molar-refractivity contribution >= 4 is 0 Å². The molecule has 2 aromatic rings. The molecule has 0 atom stereocenters.